The van der Waals surface area contributed by atoms with Crippen molar-refractivity contribution >= 4 is 282 Å². The van der Waals surface area contributed by atoms with Crippen LogP contribution in [0.1, 0.15) is 0 Å². The molecule has 80 heavy (non-hydrogen) atoms. The van der Waals surface area contributed by atoms with E-state index in [0.717, 1.165) is 0 Å². The van der Waals surface area contributed by atoms with Gasteiger partial charge in [0.05, 0.1) is 0 Å². The van der Waals surface area contributed by atoms with E-state index in [1.54, 1.807) is 36.0 Å². The van der Waals surface area contributed by atoms with Crippen LogP contribution in [0.25, 0.3) is 39.0 Å². The van der Waals surface area contributed by atoms with Gasteiger partial charge in [-0.3, -0.25) is 0 Å². The van der Waals surface area contributed by atoms with Gasteiger partial charge in [-0.25, -0.2) is 0 Å². The molecule has 0 amide bonds. The summed E-state index contributed by atoms with van der Waals surface area (Å²) in [6.45, 7) is 61.4. The summed E-state index contributed by atoms with van der Waals surface area (Å²) in [6, 6.07) is 21.7. The van der Waals surface area contributed by atoms with Crippen LogP contribution in [0, 0.1) is 0 Å². The van der Waals surface area contributed by atoms with E-state index in [2.05, 4.69) is 296 Å². The Hall–Kier alpha value is 1.35. The van der Waals surface area contributed by atoms with Gasteiger partial charge >= 0.3 is 538 Å². The first-order valence-corrected chi connectivity index (χ1v) is 78.3. The number of thiophene rings is 8. The molecule has 424 valence electrons. The summed E-state index contributed by atoms with van der Waals surface area (Å²) in [6.07, 6.45) is 0. The van der Waals surface area contributed by atoms with Crippen LogP contribution >= 0.6 is 90.7 Å². The number of rotatable bonds is 8. The molecule has 13 heterocycles. The van der Waals surface area contributed by atoms with Crippen molar-refractivity contribution in [1.82, 2.24) is 0 Å². The van der Waals surface area contributed by atoms with Gasteiger partial charge in [-0.2, -0.15) is 0 Å². The molecule has 0 N–H and O–H groups in total. The third-order valence-corrected chi connectivity index (χ3v) is 106. The third-order valence-electron chi connectivity index (χ3n) is 16.6. The second-order valence-corrected chi connectivity index (χ2v) is 113. The average molecular weight is 1590 g/mol. The van der Waals surface area contributed by atoms with Gasteiger partial charge in [-0.05, 0) is 0 Å². The summed E-state index contributed by atoms with van der Waals surface area (Å²) in [5, 5.41) is 0. The molecule has 0 atom stereocenters. The van der Waals surface area contributed by atoms with Crippen molar-refractivity contribution in [2.24, 2.45) is 0 Å². The predicted molar refractivity (Wildman–Crippen MR) is 399 cm³/mol. The van der Waals surface area contributed by atoms with Crippen molar-refractivity contribution in [3.8, 4) is 39.0 Å². The van der Waals surface area contributed by atoms with Gasteiger partial charge in [0.25, 0.3) is 0 Å². The van der Waals surface area contributed by atoms with Crippen LogP contribution in [-0.2, 0) is 11.2 Å². The van der Waals surface area contributed by atoms with E-state index >= 15 is 0 Å². The fourth-order valence-electron chi connectivity index (χ4n) is 11.7. The Morgan fingerprint density at radius 3 is 0.388 bits per heavy atom. The van der Waals surface area contributed by atoms with E-state index in [1.165, 1.54) is 74.2 Å². The van der Waals surface area contributed by atoms with Gasteiger partial charge in [-0.15, -0.1) is 0 Å². The standard InChI is InChI=1S/C56H80Ge4O4S8Si8/c1-73(2,3)41-25-33-49(65-41)50-34(26-42(66-50)74(4,5)6)57(33)61-58(35-27-43(75(7,8)9)67-51(35)52-36(58)28-44(68-52)76(10,11)12)63-60(39-31-47(79(19,20)21)71-55(39)56-40(60)32-48(72-56)80(22,23)24)64-59(62-57)37-29-45(77(13,14)15)69-53(37)54-38(59)30-46(70-54)78(16,17)18/h25-32H,1-24H3. The van der Waals surface area contributed by atoms with E-state index < -0.39 is 120 Å². The molecule has 0 bridgehead atoms. The quantitative estimate of drug-likeness (QED) is 0.142. The van der Waals surface area contributed by atoms with Gasteiger partial charge in [-0.1, -0.05) is 0 Å². The van der Waals surface area contributed by atoms with Crippen molar-refractivity contribution in [2.45, 2.75) is 157 Å². The fourth-order valence-corrected chi connectivity index (χ4v) is 120. The zero-order valence-electron chi connectivity index (χ0n) is 51.5. The molecular weight excluding hydrogens is 1510 g/mol. The summed E-state index contributed by atoms with van der Waals surface area (Å²) in [5.41, 5.74) is 0. The van der Waals surface area contributed by atoms with Gasteiger partial charge in [0.1, 0.15) is 0 Å². The molecular formula is C56H80Ge4O4S8Si8. The maximum atomic E-state index is 9.61. The molecule has 0 radical (unpaired) electrons. The second-order valence-electron chi connectivity index (χ2n) is 31.7. The summed E-state index contributed by atoms with van der Waals surface area (Å²) >= 11 is -2.22. The normalized spacial score (nSPS) is 18.7. The summed E-state index contributed by atoms with van der Waals surface area (Å²) < 4.78 is 62.4. The second kappa shape index (κ2) is 18.5. The molecule has 5 aliphatic heterocycles. The topological polar surface area (TPSA) is 36.9 Å². The van der Waals surface area contributed by atoms with Crippen LogP contribution in [-0.4, -0.2) is 120 Å². The van der Waals surface area contributed by atoms with Gasteiger partial charge in [0, 0.05) is 0 Å². The summed E-state index contributed by atoms with van der Waals surface area (Å²) in [4.78, 5) is 11.7. The van der Waals surface area contributed by atoms with Crippen LogP contribution in [0.15, 0.2) is 48.5 Å². The molecule has 24 heteroatoms. The molecule has 0 saturated carbocycles. The molecule has 1 fully saturated rings. The first-order chi connectivity index (χ1) is 36.5. The molecule has 8 aromatic rings. The Morgan fingerprint density at radius 1 is 0.200 bits per heavy atom. The van der Waals surface area contributed by atoms with Gasteiger partial charge in [0.2, 0.25) is 0 Å². The molecule has 0 unspecified atom stereocenters. The van der Waals surface area contributed by atoms with Crippen molar-refractivity contribution < 1.29 is 11.2 Å². The predicted octanol–water partition coefficient (Wildman–Crippen LogP) is 9.87. The van der Waals surface area contributed by atoms with Crippen molar-refractivity contribution in [3.05, 3.63) is 48.5 Å². The van der Waals surface area contributed by atoms with Crippen molar-refractivity contribution in [3.63, 3.8) is 0 Å². The average Bonchev–Trinajstić information content (AvgIpc) is 4.17. The van der Waals surface area contributed by atoms with Gasteiger partial charge in [0.15, 0.2) is 0 Å². The molecule has 8 aromatic heterocycles. The maximum absolute atomic E-state index is 9.61. The zero-order chi connectivity index (χ0) is 58.0. The van der Waals surface area contributed by atoms with Crippen LogP contribution in [0.3, 0.4) is 0 Å². The van der Waals surface area contributed by atoms with Crippen LogP contribution in [0.5, 0.6) is 0 Å². The van der Waals surface area contributed by atoms with E-state index in [4.69, 9.17) is 0 Å². The van der Waals surface area contributed by atoms with Crippen LogP contribution in [0.4, 0.5) is 0 Å². The molecule has 13 rings (SSSR count). The number of hydrogen-bond donors (Lipinski definition) is 0. The first-order valence-electron chi connectivity index (χ1n) is 28.5. The van der Waals surface area contributed by atoms with E-state index in [0.29, 0.717) is 0 Å². The van der Waals surface area contributed by atoms with E-state index in [1.807, 2.05) is 0 Å². The Labute approximate surface area is 530 Å². The monoisotopic (exact) mass is 1590 g/mol. The molecule has 0 aromatic carbocycles. The Morgan fingerprint density at radius 2 is 0.300 bits per heavy atom. The van der Waals surface area contributed by atoms with Crippen LogP contribution in [0.2, 0.25) is 157 Å². The first kappa shape index (κ1) is 60.3. The third kappa shape index (κ3) is 8.94. The van der Waals surface area contributed by atoms with Crippen LogP contribution < -0.4 is 71.2 Å². The molecule has 4 nitrogen and oxygen atoms in total. The zero-order valence-corrected chi connectivity index (χ0v) is 74.4. The van der Waals surface area contributed by atoms with E-state index in [-0.39, 0.29) is 0 Å². The Kier molecular flexibility index (Phi) is 13.9. The molecule has 5 aliphatic rings. The van der Waals surface area contributed by atoms with Crippen molar-refractivity contribution in [2.75, 3.05) is 0 Å². The molecule has 4 spiro atoms. The van der Waals surface area contributed by atoms with E-state index in [9.17, 15) is 11.2 Å². The SMILES string of the molecule is C[Si](C)(C)c1c[c]2c(s1)-c1sc([Si](C)(C)C)c[c]1[Ge]21[O][Ge]2([O][Ge]3([O][Ge]4([O]1)[c]1cc([Si](C)(C)C)sc1-c1sc([Si](C)(C)C)c[c]14)[c]1cc([Si](C)(C)C)sc1-c1sc([Si](C)(C)C)c[c]13)[c]1cc([Si](C)(C)C)sc1-c1sc([Si](C)(C)C)c[c]12. The summed E-state index contributed by atoms with van der Waals surface area (Å²) in [5.74, 6) is 0. The Balaban J connectivity index is 1.25. The van der Waals surface area contributed by atoms with Crippen molar-refractivity contribution in [1.29, 1.82) is 0 Å². The fraction of sp³-hybridized carbons (Fsp3) is 0.429. The Bertz CT molecular complexity index is 3190. The summed E-state index contributed by atoms with van der Waals surface area (Å²) in [7, 11) is -14.7. The number of fused-ring (bicyclic) bond motifs is 20. The minimum absolute atomic E-state index is 1.43. The molecule has 1 saturated heterocycles. The number of hydrogen-bond acceptors (Lipinski definition) is 12. The van der Waals surface area contributed by atoms with Gasteiger partial charge < -0.3 is 0 Å². The molecule has 0 aliphatic carbocycles. The minimum atomic E-state index is -4.77.